The molecule has 4 rings (SSSR count). The number of aromatic nitrogens is 1. The number of halogens is 2. The molecule has 0 saturated heterocycles. The minimum atomic E-state index is -4.17. The average Bonchev–Trinajstić information content (AvgIpc) is 3.50. The van der Waals surface area contributed by atoms with Crippen molar-refractivity contribution in [2.24, 2.45) is 0 Å². The summed E-state index contributed by atoms with van der Waals surface area (Å²) in [4.78, 5) is 27.9. The molecule has 38 heavy (non-hydrogen) atoms. The van der Waals surface area contributed by atoms with Gasteiger partial charge in [0, 0.05) is 20.9 Å². The number of benzene rings is 2. The third kappa shape index (κ3) is 5.90. The van der Waals surface area contributed by atoms with Gasteiger partial charge in [-0.1, -0.05) is 29.3 Å². The Morgan fingerprint density at radius 2 is 1.74 bits per heavy atom. The van der Waals surface area contributed by atoms with Crippen molar-refractivity contribution in [1.29, 1.82) is 0 Å². The van der Waals surface area contributed by atoms with E-state index in [1.54, 1.807) is 18.2 Å². The van der Waals surface area contributed by atoms with E-state index in [0.717, 1.165) is 29.7 Å². The number of hydrogen-bond donors (Lipinski definition) is 1. The maximum atomic E-state index is 13.2. The SMILES string of the molecule is COC(=O)c1ccc(S(=O)(=O)CC(=O)c2[nH]c3cc(Cl)ccc3c2CCCOc2cc(C)c(Cl)c(C)c2)o1. The molecule has 0 saturated carbocycles. The normalized spacial score (nSPS) is 11.6. The van der Waals surface area contributed by atoms with Crippen molar-refractivity contribution < 1.29 is 31.9 Å². The van der Waals surface area contributed by atoms with E-state index in [2.05, 4.69) is 9.72 Å². The molecular weight excluding hydrogens is 553 g/mol. The van der Waals surface area contributed by atoms with Gasteiger partial charge in [-0.15, -0.1) is 0 Å². The summed E-state index contributed by atoms with van der Waals surface area (Å²) in [5, 5.41) is 1.44. The van der Waals surface area contributed by atoms with Gasteiger partial charge in [0.1, 0.15) is 11.5 Å². The Morgan fingerprint density at radius 3 is 2.42 bits per heavy atom. The maximum absolute atomic E-state index is 13.2. The number of fused-ring (bicyclic) bond motifs is 1. The smallest absolute Gasteiger partial charge is 0.374 e. The van der Waals surface area contributed by atoms with Crippen LogP contribution in [0.25, 0.3) is 10.9 Å². The van der Waals surface area contributed by atoms with Crippen LogP contribution in [0.5, 0.6) is 5.75 Å². The lowest BCUT2D eigenvalue weighted by Gasteiger charge is -2.10. The van der Waals surface area contributed by atoms with Gasteiger partial charge in [0.15, 0.2) is 5.78 Å². The number of hydrogen-bond acceptors (Lipinski definition) is 7. The predicted octanol–water partition coefficient (Wildman–Crippen LogP) is 6.14. The van der Waals surface area contributed by atoms with Crippen LogP contribution >= 0.6 is 23.2 Å². The molecule has 0 aliphatic heterocycles. The number of nitrogens with one attached hydrogen (secondary N) is 1. The summed E-state index contributed by atoms with van der Waals surface area (Å²) in [6, 6.07) is 11.2. The molecule has 200 valence electrons. The first kappa shape index (κ1) is 27.8. The van der Waals surface area contributed by atoms with Gasteiger partial charge in [-0.2, -0.15) is 0 Å². The van der Waals surface area contributed by atoms with E-state index in [0.29, 0.717) is 46.3 Å². The molecule has 0 spiro atoms. The van der Waals surface area contributed by atoms with Gasteiger partial charge in [0.05, 0.1) is 19.4 Å². The zero-order valence-corrected chi connectivity index (χ0v) is 23.2. The fourth-order valence-corrected chi connectivity index (χ4v) is 5.57. The van der Waals surface area contributed by atoms with Crippen LogP contribution in [-0.4, -0.2) is 44.6 Å². The molecular formula is C27H25Cl2NO7S. The minimum absolute atomic E-state index is 0.170. The lowest BCUT2D eigenvalue weighted by atomic mass is 10.0. The van der Waals surface area contributed by atoms with Crippen molar-refractivity contribution in [2.75, 3.05) is 19.5 Å². The van der Waals surface area contributed by atoms with Crippen LogP contribution < -0.4 is 4.74 Å². The van der Waals surface area contributed by atoms with E-state index in [4.69, 9.17) is 32.4 Å². The summed E-state index contributed by atoms with van der Waals surface area (Å²) >= 11 is 12.4. The van der Waals surface area contributed by atoms with Crippen molar-refractivity contribution in [1.82, 2.24) is 4.98 Å². The lowest BCUT2D eigenvalue weighted by molar-refractivity contribution is 0.0559. The van der Waals surface area contributed by atoms with E-state index in [-0.39, 0.29) is 11.5 Å². The van der Waals surface area contributed by atoms with Crippen molar-refractivity contribution in [3.8, 4) is 5.75 Å². The molecule has 0 atom stereocenters. The first-order chi connectivity index (χ1) is 18.0. The molecule has 0 fully saturated rings. The van der Waals surface area contributed by atoms with Crippen molar-refractivity contribution in [2.45, 2.75) is 31.8 Å². The lowest BCUT2D eigenvalue weighted by Crippen LogP contribution is -2.18. The van der Waals surface area contributed by atoms with Crippen molar-refractivity contribution in [3.05, 3.63) is 80.7 Å². The van der Waals surface area contributed by atoms with Gasteiger partial charge in [-0.05, 0) is 79.8 Å². The number of sulfone groups is 1. The van der Waals surface area contributed by atoms with E-state index in [1.165, 1.54) is 6.07 Å². The number of methoxy groups -OCH3 is 1. The highest BCUT2D eigenvalue weighted by molar-refractivity contribution is 7.92. The predicted molar refractivity (Wildman–Crippen MR) is 144 cm³/mol. The molecule has 8 nitrogen and oxygen atoms in total. The second kappa shape index (κ2) is 11.2. The monoisotopic (exact) mass is 577 g/mol. The Bertz CT molecular complexity index is 1610. The summed E-state index contributed by atoms with van der Waals surface area (Å²) in [6.07, 6.45) is 1.01. The van der Waals surface area contributed by atoms with Gasteiger partial charge < -0.3 is 18.9 Å². The zero-order chi connectivity index (χ0) is 27.6. The highest BCUT2D eigenvalue weighted by Gasteiger charge is 2.28. The average molecular weight is 578 g/mol. The summed E-state index contributed by atoms with van der Waals surface area (Å²) in [6.45, 7) is 4.18. The summed E-state index contributed by atoms with van der Waals surface area (Å²) in [7, 11) is -3.02. The molecule has 0 aliphatic rings. The highest BCUT2D eigenvalue weighted by Crippen LogP contribution is 2.29. The fourth-order valence-electron chi connectivity index (χ4n) is 4.17. The second-order valence-electron chi connectivity index (χ2n) is 8.78. The van der Waals surface area contributed by atoms with Gasteiger partial charge in [0.25, 0.3) is 0 Å². The van der Waals surface area contributed by atoms with Crippen LogP contribution in [0.2, 0.25) is 10.0 Å². The fraction of sp³-hybridized carbons (Fsp3) is 0.259. The van der Waals surface area contributed by atoms with Crippen LogP contribution in [0.15, 0.2) is 52.0 Å². The number of esters is 1. The zero-order valence-electron chi connectivity index (χ0n) is 20.9. The maximum Gasteiger partial charge on any atom is 0.374 e. The Morgan fingerprint density at radius 1 is 1.03 bits per heavy atom. The third-order valence-electron chi connectivity index (χ3n) is 5.99. The minimum Gasteiger partial charge on any atom is -0.494 e. The molecule has 0 bridgehead atoms. The number of aromatic amines is 1. The van der Waals surface area contributed by atoms with Crippen molar-refractivity contribution >= 4 is 55.7 Å². The Balaban J connectivity index is 1.54. The van der Waals surface area contributed by atoms with E-state index in [9.17, 15) is 18.0 Å². The summed E-state index contributed by atoms with van der Waals surface area (Å²) < 4.78 is 41.3. The number of aryl methyl sites for hydroxylation is 3. The van der Waals surface area contributed by atoms with E-state index < -0.39 is 32.4 Å². The van der Waals surface area contributed by atoms with Crippen LogP contribution in [0.3, 0.4) is 0 Å². The molecule has 4 aromatic rings. The number of Topliss-reactive ketones (excluding diaryl/α,β-unsaturated/α-hetero) is 1. The van der Waals surface area contributed by atoms with Gasteiger partial charge in [-0.25, -0.2) is 13.2 Å². The van der Waals surface area contributed by atoms with Gasteiger partial charge in [-0.3, -0.25) is 4.79 Å². The molecule has 0 amide bonds. The van der Waals surface area contributed by atoms with Crippen LogP contribution in [0.4, 0.5) is 0 Å². The Kier molecular flexibility index (Phi) is 8.20. The first-order valence-corrected chi connectivity index (χ1v) is 14.0. The van der Waals surface area contributed by atoms with Crippen molar-refractivity contribution in [3.63, 3.8) is 0 Å². The number of ether oxygens (including phenoxy) is 2. The standard InChI is InChI=1S/C27H25Cl2NO7S/c1-15-11-18(12-16(2)25(15)29)36-10-4-5-20-19-7-6-17(28)13-21(19)30-26(20)22(31)14-38(33,34)24-9-8-23(37-24)27(32)35-3/h6-9,11-13,30H,4-5,10,14H2,1-3H3. The molecule has 11 heteroatoms. The molecule has 0 unspecified atom stereocenters. The largest absolute Gasteiger partial charge is 0.494 e. The molecule has 1 N–H and O–H groups in total. The van der Waals surface area contributed by atoms with Gasteiger partial charge in [0.2, 0.25) is 20.7 Å². The number of furan rings is 1. The topological polar surface area (TPSA) is 116 Å². The summed E-state index contributed by atoms with van der Waals surface area (Å²) in [5.74, 6) is -1.89. The van der Waals surface area contributed by atoms with E-state index >= 15 is 0 Å². The number of ketones is 1. The third-order valence-corrected chi connectivity index (χ3v) is 8.30. The number of H-pyrrole nitrogens is 1. The van der Waals surface area contributed by atoms with Crippen LogP contribution in [0.1, 0.15) is 44.2 Å². The quantitative estimate of drug-likeness (QED) is 0.137. The van der Waals surface area contributed by atoms with Crippen LogP contribution in [0, 0.1) is 13.8 Å². The molecule has 2 heterocycles. The number of rotatable bonds is 10. The van der Waals surface area contributed by atoms with Gasteiger partial charge >= 0.3 is 5.97 Å². The van der Waals surface area contributed by atoms with Crippen LogP contribution in [-0.2, 0) is 21.0 Å². The second-order valence-corrected chi connectivity index (χ2v) is 11.5. The molecule has 0 radical (unpaired) electrons. The molecule has 2 aromatic carbocycles. The Labute approximate surface area is 229 Å². The highest BCUT2D eigenvalue weighted by atomic mass is 35.5. The molecule has 0 aliphatic carbocycles. The van der Waals surface area contributed by atoms with E-state index in [1.807, 2.05) is 26.0 Å². The summed E-state index contributed by atoms with van der Waals surface area (Å²) in [5.41, 5.74) is 3.28. The number of carbonyl (C=O) groups is 2. The first-order valence-electron chi connectivity index (χ1n) is 11.6. The Hall–Kier alpha value is -3.27. The number of carbonyl (C=O) groups excluding carboxylic acids is 2. The molecule has 2 aromatic heterocycles.